The molecule has 1 unspecified atom stereocenters. The normalized spacial score (nSPS) is 37.0. The molecule has 4 bridgehead atoms. The molecule has 0 aromatic heterocycles. The Morgan fingerprint density at radius 1 is 1.09 bits per heavy atom. The van der Waals surface area contributed by atoms with E-state index in [9.17, 15) is 4.79 Å². The van der Waals surface area contributed by atoms with Gasteiger partial charge in [0, 0.05) is 18.0 Å². The van der Waals surface area contributed by atoms with Gasteiger partial charge in [-0.05, 0) is 61.8 Å². The van der Waals surface area contributed by atoms with Crippen LogP contribution in [0, 0.1) is 23.2 Å². The molecule has 3 heteroatoms. The molecule has 0 heterocycles. The molecule has 3 nitrogen and oxygen atoms in total. The number of hydrogen-bond donors (Lipinski definition) is 2. The molecule has 118 valence electrons. The van der Waals surface area contributed by atoms with Crippen molar-refractivity contribution in [3.05, 3.63) is 35.9 Å². The lowest BCUT2D eigenvalue weighted by Crippen LogP contribution is -2.54. The average Bonchev–Trinajstić information content (AvgIpc) is 2.51. The molecule has 5 rings (SSSR count). The second-order valence-corrected chi connectivity index (χ2v) is 7.93. The number of carbonyl (C=O) groups is 1. The topological polar surface area (TPSA) is 55.1 Å². The second-order valence-electron chi connectivity index (χ2n) is 7.93. The molecule has 22 heavy (non-hydrogen) atoms. The van der Waals surface area contributed by atoms with Crippen LogP contribution in [0.25, 0.3) is 0 Å². The minimum absolute atomic E-state index is 0.0643. The van der Waals surface area contributed by atoms with Crippen molar-refractivity contribution in [2.24, 2.45) is 28.9 Å². The summed E-state index contributed by atoms with van der Waals surface area (Å²) in [6.45, 7) is 0.546. The van der Waals surface area contributed by atoms with E-state index in [-0.39, 0.29) is 17.4 Å². The molecular formula is C19H26N2O. The van der Waals surface area contributed by atoms with Crippen LogP contribution in [-0.2, 0) is 4.79 Å². The van der Waals surface area contributed by atoms with Gasteiger partial charge in [0.15, 0.2) is 0 Å². The molecule has 4 saturated carbocycles. The van der Waals surface area contributed by atoms with Crippen molar-refractivity contribution in [2.75, 3.05) is 6.54 Å². The lowest BCUT2D eigenvalue weighted by molar-refractivity contribution is -0.146. The Hall–Kier alpha value is -1.35. The molecule has 4 aliphatic rings. The summed E-state index contributed by atoms with van der Waals surface area (Å²) in [5, 5.41) is 3.17. The van der Waals surface area contributed by atoms with E-state index in [1.807, 2.05) is 30.3 Å². The number of nitrogens with one attached hydrogen (secondary N) is 1. The SMILES string of the molecule is NC(CNC(=O)C12CC3CC(CC(C3)C1)C2)c1ccccc1. The van der Waals surface area contributed by atoms with Gasteiger partial charge < -0.3 is 11.1 Å². The Labute approximate surface area is 132 Å². The molecule has 1 amide bonds. The van der Waals surface area contributed by atoms with Gasteiger partial charge in [0.05, 0.1) is 0 Å². The van der Waals surface area contributed by atoms with Gasteiger partial charge in [-0.2, -0.15) is 0 Å². The predicted molar refractivity (Wildman–Crippen MR) is 87.0 cm³/mol. The van der Waals surface area contributed by atoms with Gasteiger partial charge in [0.25, 0.3) is 0 Å². The smallest absolute Gasteiger partial charge is 0.226 e. The summed E-state index contributed by atoms with van der Waals surface area (Å²) in [5.74, 6) is 2.69. The molecule has 1 aromatic carbocycles. The van der Waals surface area contributed by atoms with Crippen molar-refractivity contribution < 1.29 is 4.79 Å². The number of carbonyl (C=O) groups excluding carboxylic acids is 1. The fraction of sp³-hybridized carbons (Fsp3) is 0.632. The summed E-state index contributed by atoms with van der Waals surface area (Å²) >= 11 is 0. The Morgan fingerprint density at radius 2 is 1.64 bits per heavy atom. The first-order valence-electron chi connectivity index (χ1n) is 8.73. The molecule has 1 aromatic rings. The summed E-state index contributed by atoms with van der Waals surface area (Å²) in [5.41, 5.74) is 7.25. The zero-order chi connectivity index (χ0) is 15.2. The average molecular weight is 298 g/mol. The minimum Gasteiger partial charge on any atom is -0.354 e. The third-order valence-corrected chi connectivity index (χ3v) is 6.23. The highest BCUT2D eigenvalue weighted by Crippen LogP contribution is 2.60. The van der Waals surface area contributed by atoms with Gasteiger partial charge in [-0.3, -0.25) is 4.79 Å². The van der Waals surface area contributed by atoms with Crippen LogP contribution < -0.4 is 11.1 Å². The largest absolute Gasteiger partial charge is 0.354 e. The van der Waals surface area contributed by atoms with E-state index in [1.165, 1.54) is 19.3 Å². The van der Waals surface area contributed by atoms with Crippen molar-refractivity contribution >= 4 is 5.91 Å². The molecule has 3 N–H and O–H groups in total. The summed E-state index contributed by atoms with van der Waals surface area (Å²) in [6.07, 6.45) is 7.46. The Bertz CT molecular complexity index is 519. The quantitative estimate of drug-likeness (QED) is 0.897. The van der Waals surface area contributed by atoms with Crippen molar-refractivity contribution in [3.8, 4) is 0 Å². The second kappa shape index (κ2) is 5.38. The van der Waals surface area contributed by atoms with E-state index in [4.69, 9.17) is 5.73 Å². The number of amides is 1. The summed E-state index contributed by atoms with van der Waals surface area (Å²) < 4.78 is 0. The molecular weight excluding hydrogens is 272 g/mol. The van der Waals surface area contributed by atoms with Gasteiger partial charge in [-0.1, -0.05) is 30.3 Å². The summed E-state index contributed by atoms with van der Waals surface area (Å²) in [7, 11) is 0. The zero-order valence-electron chi connectivity index (χ0n) is 13.1. The van der Waals surface area contributed by atoms with Crippen LogP contribution in [0.5, 0.6) is 0 Å². The van der Waals surface area contributed by atoms with Gasteiger partial charge in [0.2, 0.25) is 5.91 Å². The highest BCUT2D eigenvalue weighted by atomic mass is 16.2. The van der Waals surface area contributed by atoms with Crippen molar-refractivity contribution in [1.82, 2.24) is 5.32 Å². The van der Waals surface area contributed by atoms with Crippen LogP contribution >= 0.6 is 0 Å². The van der Waals surface area contributed by atoms with Gasteiger partial charge in [-0.15, -0.1) is 0 Å². The van der Waals surface area contributed by atoms with Gasteiger partial charge in [-0.25, -0.2) is 0 Å². The van der Waals surface area contributed by atoms with Gasteiger partial charge in [0.1, 0.15) is 0 Å². The van der Waals surface area contributed by atoms with Crippen molar-refractivity contribution in [3.63, 3.8) is 0 Å². The fourth-order valence-corrected chi connectivity index (χ4v) is 5.60. The number of hydrogen-bond acceptors (Lipinski definition) is 2. The Morgan fingerprint density at radius 3 is 2.18 bits per heavy atom. The van der Waals surface area contributed by atoms with Crippen molar-refractivity contribution in [2.45, 2.75) is 44.6 Å². The highest BCUT2D eigenvalue weighted by molar-refractivity contribution is 5.83. The van der Waals surface area contributed by atoms with E-state index in [2.05, 4.69) is 5.32 Å². The number of nitrogens with two attached hydrogens (primary N) is 1. The standard InChI is InChI=1S/C19H26N2O/c20-17(16-4-2-1-3-5-16)12-21-18(22)19-9-13-6-14(10-19)8-15(7-13)11-19/h1-5,13-15,17H,6-12,20H2,(H,21,22). The first-order valence-corrected chi connectivity index (χ1v) is 8.73. The maximum absolute atomic E-state index is 12.9. The Kier molecular flexibility index (Phi) is 3.48. The van der Waals surface area contributed by atoms with E-state index >= 15 is 0 Å². The maximum atomic E-state index is 12.9. The molecule has 0 radical (unpaired) electrons. The van der Waals surface area contributed by atoms with E-state index in [0.717, 1.165) is 42.6 Å². The van der Waals surface area contributed by atoms with Crippen molar-refractivity contribution in [1.29, 1.82) is 0 Å². The first-order chi connectivity index (χ1) is 10.6. The summed E-state index contributed by atoms with van der Waals surface area (Å²) in [4.78, 5) is 12.9. The number of benzene rings is 1. The third-order valence-electron chi connectivity index (χ3n) is 6.23. The first kappa shape index (κ1) is 14.3. The molecule has 0 aliphatic heterocycles. The maximum Gasteiger partial charge on any atom is 0.226 e. The lowest BCUT2D eigenvalue weighted by atomic mass is 9.49. The molecule has 0 saturated heterocycles. The van der Waals surface area contributed by atoms with Crippen LogP contribution in [0.2, 0.25) is 0 Å². The number of rotatable bonds is 4. The van der Waals surface area contributed by atoms with Crippen LogP contribution in [0.4, 0.5) is 0 Å². The van der Waals surface area contributed by atoms with Crippen LogP contribution in [0.3, 0.4) is 0 Å². The van der Waals surface area contributed by atoms with E-state index in [0.29, 0.717) is 6.54 Å². The highest BCUT2D eigenvalue weighted by Gasteiger charge is 2.54. The third kappa shape index (κ3) is 2.45. The minimum atomic E-state index is -0.112. The molecule has 4 aliphatic carbocycles. The Balaban J connectivity index is 1.40. The summed E-state index contributed by atoms with van der Waals surface area (Å²) in [6, 6.07) is 9.93. The molecule has 1 atom stereocenters. The van der Waals surface area contributed by atoms with E-state index in [1.54, 1.807) is 0 Å². The fourth-order valence-electron chi connectivity index (χ4n) is 5.60. The van der Waals surface area contributed by atoms with Gasteiger partial charge >= 0.3 is 0 Å². The predicted octanol–water partition coefficient (Wildman–Crippen LogP) is 3.02. The van der Waals surface area contributed by atoms with Crippen LogP contribution in [-0.4, -0.2) is 12.5 Å². The molecule has 4 fully saturated rings. The zero-order valence-corrected chi connectivity index (χ0v) is 13.1. The molecule has 0 spiro atoms. The lowest BCUT2D eigenvalue weighted by Gasteiger charge is -2.55. The van der Waals surface area contributed by atoms with Crippen LogP contribution in [0.1, 0.15) is 50.1 Å². The monoisotopic (exact) mass is 298 g/mol. The van der Waals surface area contributed by atoms with E-state index < -0.39 is 0 Å². The van der Waals surface area contributed by atoms with Crippen LogP contribution in [0.15, 0.2) is 30.3 Å².